The van der Waals surface area contributed by atoms with Crippen molar-refractivity contribution in [2.75, 3.05) is 11.9 Å². The second-order valence-electron chi connectivity index (χ2n) is 5.62. The molecule has 0 spiro atoms. The van der Waals surface area contributed by atoms with Crippen LogP contribution in [0.4, 0.5) is 13.2 Å². The number of rotatable bonds is 4. The van der Waals surface area contributed by atoms with Crippen LogP contribution in [-0.4, -0.2) is 17.8 Å². The lowest BCUT2D eigenvalue weighted by Gasteiger charge is -2.35. The fourth-order valence-corrected chi connectivity index (χ4v) is 3.53. The van der Waals surface area contributed by atoms with E-state index in [4.69, 9.17) is 0 Å². The number of amides is 1. The summed E-state index contributed by atoms with van der Waals surface area (Å²) < 4.78 is 40.0. The Balaban J connectivity index is 2.08. The van der Waals surface area contributed by atoms with Gasteiger partial charge in [-0.3, -0.25) is 4.79 Å². The van der Waals surface area contributed by atoms with Crippen molar-refractivity contribution in [2.24, 2.45) is 5.41 Å². The van der Waals surface area contributed by atoms with Gasteiger partial charge < -0.3 is 5.32 Å². The van der Waals surface area contributed by atoms with Gasteiger partial charge >= 0.3 is 0 Å². The number of nitrogens with one attached hydrogen (secondary N) is 1. The SMILES string of the molecule is O=C(NCC1(CBr)CCCCC1)c1c(F)cc(F)cc1F. The van der Waals surface area contributed by atoms with Crippen LogP contribution in [0.15, 0.2) is 12.1 Å². The molecule has 1 aromatic rings. The number of hydrogen-bond acceptors (Lipinski definition) is 1. The predicted molar refractivity (Wildman–Crippen MR) is 78.0 cm³/mol. The van der Waals surface area contributed by atoms with Gasteiger partial charge in [-0.25, -0.2) is 13.2 Å². The van der Waals surface area contributed by atoms with E-state index in [1.807, 2.05) is 0 Å². The van der Waals surface area contributed by atoms with E-state index in [9.17, 15) is 18.0 Å². The maximum absolute atomic E-state index is 13.6. The number of carbonyl (C=O) groups is 1. The molecule has 1 aliphatic carbocycles. The maximum atomic E-state index is 13.6. The highest BCUT2D eigenvalue weighted by molar-refractivity contribution is 9.09. The van der Waals surface area contributed by atoms with E-state index in [0.29, 0.717) is 18.7 Å². The Morgan fingerprint density at radius 2 is 1.71 bits per heavy atom. The lowest BCUT2D eigenvalue weighted by atomic mass is 9.75. The van der Waals surface area contributed by atoms with Crippen molar-refractivity contribution in [1.82, 2.24) is 5.32 Å². The number of alkyl halides is 1. The third-order valence-corrected chi connectivity index (χ3v) is 5.25. The molecule has 0 aliphatic heterocycles. The van der Waals surface area contributed by atoms with Crippen molar-refractivity contribution < 1.29 is 18.0 Å². The molecule has 21 heavy (non-hydrogen) atoms. The van der Waals surface area contributed by atoms with Crippen LogP contribution in [0.3, 0.4) is 0 Å². The van der Waals surface area contributed by atoms with Crippen LogP contribution in [0.5, 0.6) is 0 Å². The molecule has 116 valence electrons. The molecule has 0 bridgehead atoms. The number of halogens is 4. The maximum Gasteiger partial charge on any atom is 0.257 e. The van der Waals surface area contributed by atoms with E-state index >= 15 is 0 Å². The molecule has 1 saturated carbocycles. The van der Waals surface area contributed by atoms with Gasteiger partial charge in [0.05, 0.1) is 0 Å². The molecular weight excluding hydrogens is 347 g/mol. The molecule has 1 N–H and O–H groups in total. The molecule has 2 nitrogen and oxygen atoms in total. The topological polar surface area (TPSA) is 29.1 Å². The molecule has 2 rings (SSSR count). The summed E-state index contributed by atoms with van der Waals surface area (Å²) in [4.78, 5) is 12.0. The summed E-state index contributed by atoms with van der Waals surface area (Å²) in [7, 11) is 0. The summed E-state index contributed by atoms with van der Waals surface area (Å²) in [6.45, 7) is 0.355. The summed E-state index contributed by atoms with van der Waals surface area (Å²) >= 11 is 3.46. The van der Waals surface area contributed by atoms with Crippen LogP contribution in [0.25, 0.3) is 0 Å². The van der Waals surface area contributed by atoms with Crippen LogP contribution in [0.1, 0.15) is 42.5 Å². The van der Waals surface area contributed by atoms with Crippen molar-refractivity contribution >= 4 is 21.8 Å². The highest BCUT2D eigenvalue weighted by Crippen LogP contribution is 2.37. The average molecular weight is 364 g/mol. The van der Waals surface area contributed by atoms with Gasteiger partial charge in [0.15, 0.2) is 0 Å². The highest BCUT2D eigenvalue weighted by Gasteiger charge is 2.32. The first-order valence-electron chi connectivity index (χ1n) is 6.96. The summed E-state index contributed by atoms with van der Waals surface area (Å²) in [6, 6.07) is 1.03. The van der Waals surface area contributed by atoms with Crippen molar-refractivity contribution in [1.29, 1.82) is 0 Å². The van der Waals surface area contributed by atoms with E-state index < -0.39 is 28.9 Å². The Labute approximate surface area is 130 Å². The Hall–Kier alpha value is -1.04. The zero-order valence-corrected chi connectivity index (χ0v) is 13.1. The van der Waals surface area contributed by atoms with Gasteiger partial charge in [-0.2, -0.15) is 0 Å². The second kappa shape index (κ2) is 6.81. The van der Waals surface area contributed by atoms with Gasteiger partial charge in [-0.15, -0.1) is 0 Å². The van der Waals surface area contributed by atoms with Crippen LogP contribution in [0, 0.1) is 22.9 Å². The number of benzene rings is 1. The molecule has 6 heteroatoms. The smallest absolute Gasteiger partial charge is 0.257 e. The van der Waals surface area contributed by atoms with Gasteiger partial charge in [0, 0.05) is 24.0 Å². The summed E-state index contributed by atoms with van der Waals surface area (Å²) in [5, 5.41) is 3.32. The molecule has 0 heterocycles. The van der Waals surface area contributed by atoms with Gasteiger partial charge in [-0.05, 0) is 18.3 Å². The van der Waals surface area contributed by atoms with Crippen LogP contribution >= 0.6 is 15.9 Å². The normalized spacial score (nSPS) is 17.5. The van der Waals surface area contributed by atoms with Gasteiger partial charge in [0.2, 0.25) is 0 Å². The Morgan fingerprint density at radius 3 is 2.24 bits per heavy atom. The van der Waals surface area contributed by atoms with Gasteiger partial charge in [-0.1, -0.05) is 35.2 Å². The number of carbonyl (C=O) groups excluding carboxylic acids is 1. The minimum Gasteiger partial charge on any atom is -0.351 e. The summed E-state index contributed by atoms with van der Waals surface area (Å²) in [5.41, 5.74) is -0.794. The molecule has 0 saturated heterocycles. The zero-order chi connectivity index (χ0) is 15.5. The van der Waals surface area contributed by atoms with E-state index in [1.54, 1.807) is 0 Å². The predicted octanol–water partition coefficient (Wildman–Crippen LogP) is 4.18. The zero-order valence-electron chi connectivity index (χ0n) is 11.5. The van der Waals surface area contributed by atoms with Crippen molar-refractivity contribution in [3.05, 3.63) is 35.1 Å². The van der Waals surface area contributed by atoms with Gasteiger partial charge in [0.25, 0.3) is 5.91 Å². The fourth-order valence-electron chi connectivity index (χ4n) is 2.77. The second-order valence-corrected chi connectivity index (χ2v) is 6.18. The third-order valence-electron chi connectivity index (χ3n) is 4.06. The molecule has 0 atom stereocenters. The van der Waals surface area contributed by atoms with Crippen molar-refractivity contribution in [2.45, 2.75) is 32.1 Å². The molecule has 1 aliphatic rings. The summed E-state index contributed by atoms with van der Waals surface area (Å²) in [6.07, 6.45) is 5.27. The first-order chi connectivity index (χ1) is 9.97. The lowest BCUT2D eigenvalue weighted by molar-refractivity contribution is 0.0913. The van der Waals surface area contributed by atoms with E-state index in [-0.39, 0.29) is 5.41 Å². The average Bonchev–Trinajstić information content (AvgIpc) is 2.45. The Morgan fingerprint density at radius 1 is 1.14 bits per heavy atom. The first kappa shape index (κ1) is 16.3. The quantitative estimate of drug-likeness (QED) is 0.798. The minimum atomic E-state index is -1.18. The molecule has 0 aromatic heterocycles. The third kappa shape index (κ3) is 3.78. The molecule has 1 fully saturated rings. The van der Waals surface area contributed by atoms with E-state index in [2.05, 4.69) is 21.2 Å². The largest absolute Gasteiger partial charge is 0.351 e. The summed E-state index contributed by atoms with van der Waals surface area (Å²) in [5.74, 6) is -4.23. The minimum absolute atomic E-state index is 0.0686. The van der Waals surface area contributed by atoms with Crippen LogP contribution in [-0.2, 0) is 0 Å². The van der Waals surface area contributed by atoms with Crippen LogP contribution < -0.4 is 5.32 Å². The highest BCUT2D eigenvalue weighted by atomic mass is 79.9. The first-order valence-corrected chi connectivity index (χ1v) is 8.08. The number of hydrogen-bond donors (Lipinski definition) is 1. The lowest BCUT2D eigenvalue weighted by Crippen LogP contribution is -2.40. The molecular formula is C15H17BrF3NO. The molecule has 1 aromatic carbocycles. The fraction of sp³-hybridized carbons (Fsp3) is 0.533. The van der Waals surface area contributed by atoms with E-state index in [1.165, 1.54) is 6.42 Å². The van der Waals surface area contributed by atoms with Crippen molar-refractivity contribution in [3.8, 4) is 0 Å². The van der Waals surface area contributed by atoms with Gasteiger partial charge in [0.1, 0.15) is 23.0 Å². The monoisotopic (exact) mass is 363 g/mol. The Kier molecular flexibility index (Phi) is 5.30. The van der Waals surface area contributed by atoms with E-state index in [0.717, 1.165) is 31.0 Å². The van der Waals surface area contributed by atoms with Crippen molar-refractivity contribution in [3.63, 3.8) is 0 Å². The Bertz CT molecular complexity index is 507. The molecule has 1 amide bonds. The standard InChI is InChI=1S/C15H17BrF3NO/c16-8-15(4-2-1-3-5-15)9-20-14(21)13-11(18)6-10(17)7-12(13)19/h6-7H,1-5,8-9H2,(H,20,21). The van der Waals surface area contributed by atoms with Crippen LogP contribution in [0.2, 0.25) is 0 Å². The molecule has 0 radical (unpaired) electrons. The molecule has 0 unspecified atom stereocenters.